The van der Waals surface area contributed by atoms with Crippen LogP contribution < -0.4 is 5.32 Å². The molecule has 2 aromatic carbocycles. The molecule has 0 fully saturated rings. The molecule has 0 unspecified atom stereocenters. The second-order valence-corrected chi connectivity index (χ2v) is 4.57. The molecule has 1 N–H and O–H groups in total. The van der Waals surface area contributed by atoms with Gasteiger partial charge in [0.25, 0.3) is 5.91 Å². The van der Waals surface area contributed by atoms with Gasteiger partial charge in [0.2, 0.25) is 0 Å². The quantitative estimate of drug-likeness (QED) is 0.840. The summed E-state index contributed by atoms with van der Waals surface area (Å²) in [6.07, 6.45) is 0. The van der Waals surface area contributed by atoms with Gasteiger partial charge in [-0.2, -0.15) is 0 Å². The van der Waals surface area contributed by atoms with Crippen molar-refractivity contribution in [1.82, 2.24) is 0 Å². The van der Waals surface area contributed by atoms with Crippen LogP contribution in [0.25, 0.3) is 0 Å². The maximum Gasteiger partial charge on any atom is 0.255 e. The molecule has 0 aromatic heterocycles. The number of rotatable bonds is 3. The van der Waals surface area contributed by atoms with Gasteiger partial charge in [-0.25, -0.2) is 4.39 Å². The van der Waals surface area contributed by atoms with Crippen LogP contribution in [0.3, 0.4) is 0 Å². The van der Waals surface area contributed by atoms with E-state index in [9.17, 15) is 9.18 Å². The standard InChI is InChI=1S/C15H13ClFNO/c1-10-6-12(8-13(17)7-10)15(19)18-14-4-2-11(9-16)3-5-14/h2-8H,9H2,1H3,(H,18,19). The van der Waals surface area contributed by atoms with Crippen molar-refractivity contribution in [3.05, 3.63) is 65.0 Å². The van der Waals surface area contributed by atoms with Crippen LogP contribution in [0, 0.1) is 12.7 Å². The van der Waals surface area contributed by atoms with Crippen LogP contribution >= 0.6 is 11.6 Å². The Hall–Kier alpha value is -1.87. The summed E-state index contributed by atoms with van der Waals surface area (Å²) in [7, 11) is 0. The van der Waals surface area contributed by atoms with Gasteiger partial charge in [-0.3, -0.25) is 4.79 Å². The second-order valence-electron chi connectivity index (χ2n) is 4.30. The van der Waals surface area contributed by atoms with E-state index in [1.54, 1.807) is 25.1 Å². The molecule has 2 aromatic rings. The second kappa shape index (κ2) is 5.85. The van der Waals surface area contributed by atoms with Crippen molar-refractivity contribution < 1.29 is 9.18 Å². The van der Waals surface area contributed by atoms with Crippen LogP contribution in [-0.2, 0) is 5.88 Å². The van der Waals surface area contributed by atoms with E-state index in [2.05, 4.69) is 5.32 Å². The minimum Gasteiger partial charge on any atom is -0.322 e. The SMILES string of the molecule is Cc1cc(F)cc(C(=O)Nc2ccc(CCl)cc2)c1. The van der Waals surface area contributed by atoms with Crippen LogP contribution in [-0.4, -0.2) is 5.91 Å². The number of amides is 1. The number of hydrogen-bond donors (Lipinski definition) is 1. The summed E-state index contributed by atoms with van der Waals surface area (Å²) in [6, 6.07) is 11.4. The summed E-state index contributed by atoms with van der Waals surface area (Å²) in [6.45, 7) is 1.75. The van der Waals surface area contributed by atoms with Gasteiger partial charge in [0.05, 0.1) is 0 Å². The molecule has 0 spiro atoms. The Bertz CT molecular complexity index is 575. The van der Waals surface area contributed by atoms with E-state index < -0.39 is 5.82 Å². The van der Waals surface area contributed by atoms with Gasteiger partial charge in [0.15, 0.2) is 0 Å². The largest absolute Gasteiger partial charge is 0.322 e. The molecule has 0 saturated carbocycles. The maximum absolute atomic E-state index is 13.2. The third-order valence-corrected chi connectivity index (χ3v) is 2.98. The molecule has 0 heterocycles. The first-order valence-electron chi connectivity index (χ1n) is 5.82. The summed E-state index contributed by atoms with van der Waals surface area (Å²) >= 11 is 5.69. The molecule has 0 aliphatic rings. The molecule has 0 atom stereocenters. The molecular weight excluding hydrogens is 265 g/mol. The number of alkyl halides is 1. The zero-order valence-corrected chi connectivity index (χ0v) is 11.2. The average Bonchev–Trinajstić information content (AvgIpc) is 2.38. The van der Waals surface area contributed by atoms with Crippen LogP contribution in [0.5, 0.6) is 0 Å². The lowest BCUT2D eigenvalue weighted by molar-refractivity contribution is 0.102. The summed E-state index contributed by atoms with van der Waals surface area (Å²) in [5, 5.41) is 2.72. The number of aryl methyl sites for hydroxylation is 1. The van der Waals surface area contributed by atoms with E-state index in [4.69, 9.17) is 11.6 Å². The topological polar surface area (TPSA) is 29.1 Å². The van der Waals surface area contributed by atoms with Gasteiger partial charge in [0, 0.05) is 17.1 Å². The number of benzene rings is 2. The van der Waals surface area contributed by atoms with Gasteiger partial charge >= 0.3 is 0 Å². The highest BCUT2D eigenvalue weighted by molar-refractivity contribution is 6.17. The van der Waals surface area contributed by atoms with Crippen molar-refractivity contribution in [2.24, 2.45) is 0 Å². The summed E-state index contributed by atoms with van der Waals surface area (Å²) in [5.74, 6) is -0.319. The number of nitrogens with one attached hydrogen (secondary N) is 1. The Kier molecular flexibility index (Phi) is 4.17. The van der Waals surface area contributed by atoms with Gasteiger partial charge in [-0.1, -0.05) is 12.1 Å². The minimum atomic E-state index is -0.414. The van der Waals surface area contributed by atoms with Gasteiger partial charge in [-0.05, 0) is 48.4 Å². The van der Waals surface area contributed by atoms with Gasteiger partial charge in [0.1, 0.15) is 5.82 Å². The summed E-state index contributed by atoms with van der Waals surface area (Å²) < 4.78 is 13.2. The zero-order valence-electron chi connectivity index (χ0n) is 10.4. The molecule has 0 bridgehead atoms. The normalized spacial score (nSPS) is 10.3. The first-order chi connectivity index (χ1) is 9.08. The molecule has 2 rings (SSSR count). The van der Waals surface area contributed by atoms with E-state index in [0.717, 1.165) is 5.56 Å². The van der Waals surface area contributed by atoms with Crippen molar-refractivity contribution in [3.63, 3.8) is 0 Å². The van der Waals surface area contributed by atoms with Crippen LogP contribution in [0.15, 0.2) is 42.5 Å². The summed E-state index contributed by atoms with van der Waals surface area (Å²) in [5.41, 5.74) is 2.64. The molecule has 4 heteroatoms. The highest BCUT2D eigenvalue weighted by Gasteiger charge is 2.08. The molecule has 0 aliphatic carbocycles. The highest BCUT2D eigenvalue weighted by Crippen LogP contribution is 2.14. The molecule has 98 valence electrons. The van der Waals surface area contributed by atoms with Crippen LogP contribution in [0.1, 0.15) is 21.5 Å². The highest BCUT2D eigenvalue weighted by atomic mass is 35.5. The third-order valence-electron chi connectivity index (χ3n) is 2.67. The number of halogens is 2. The number of hydrogen-bond acceptors (Lipinski definition) is 1. The Morgan fingerprint density at radius 3 is 2.47 bits per heavy atom. The third kappa shape index (κ3) is 3.55. The van der Waals surface area contributed by atoms with E-state index in [1.807, 2.05) is 12.1 Å². The number of carbonyl (C=O) groups is 1. The van der Waals surface area contributed by atoms with Crippen molar-refractivity contribution in [1.29, 1.82) is 0 Å². The Morgan fingerprint density at radius 1 is 1.21 bits per heavy atom. The van der Waals surface area contributed by atoms with Crippen LogP contribution in [0.4, 0.5) is 10.1 Å². The van der Waals surface area contributed by atoms with Crippen molar-refractivity contribution in [3.8, 4) is 0 Å². The van der Waals surface area contributed by atoms with Crippen LogP contribution in [0.2, 0.25) is 0 Å². The first kappa shape index (κ1) is 13.6. The maximum atomic E-state index is 13.2. The monoisotopic (exact) mass is 277 g/mol. The fraction of sp³-hybridized carbons (Fsp3) is 0.133. The number of carbonyl (C=O) groups excluding carboxylic acids is 1. The Balaban J connectivity index is 2.15. The van der Waals surface area contributed by atoms with Crippen molar-refractivity contribution in [2.75, 3.05) is 5.32 Å². The molecule has 0 aliphatic heterocycles. The molecule has 2 nitrogen and oxygen atoms in total. The molecule has 0 saturated heterocycles. The molecule has 1 amide bonds. The smallest absolute Gasteiger partial charge is 0.255 e. The Morgan fingerprint density at radius 2 is 1.89 bits per heavy atom. The van der Waals surface area contributed by atoms with Crippen molar-refractivity contribution in [2.45, 2.75) is 12.8 Å². The average molecular weight is 278 g/mol. The van der Waals surface area contributed by atoms with E-state index in [1.165, 1.54) is 12.1 Å². The van der Waals surface area contributed by atoms with E-state index in [0.29, 0.717) is 22.7 Å². The lowest BCUT2D eigenvalue weighted by atomic mass is 10.1. The molecule has 0 radical (unpaired) electrons. The van der Waals surface area contributed by atoms with Gasteiger partial charge in [-0.15, -0.1) is 11.6 Å². The lowest BCUT2D eigenvalue weighted by Gasteiger charge is -2.07. The van der Waals surface area contributed by atoms with E-state index >= 15 is 0 Å². The minimum absolute atomic E-state index is 0.305. The van der Waals surface area contributed by atoms with Crippen molar-refractivity contribution >= 4 is 23.2 Å². The van der Waals surface area contributed by atoms with E-state index in [-0.39, 0.29) is 5.91 Å². The predicted molar refractivity (Wildman–Crippen MR) is 75.1 cm³/mol. The molecule has 19 heavy (non-hydrogen) atoms. The fourth-order valence-corrected chi connectivity index (χ4v) is 1.93. The fourth-order valence-electron chi connectivity index (χ4n) is 1.75. The number of anilines is 1. The predicted octanol–water partition coefficient (Wildman–Crippen LogP) is 4.13. The summed E-state index contributed by atoms with van der Waals surface area (Å²) in [4.78, 5) is 12.0. The zero-order chi connectivity index (χ0) is 13.8. The molecular formula is C15H13ClFNO. The first-order valence-corrected chi connectivity index (χ1v) is 6.35. The lowest BCUT2D eigenvalue weighted by Crippen LogP contribution is -2.12. The van der Waals surface area contributed by atoms with Gasteiger partial charge < -0.3 is 5.32 Å². The Labute approximate surface area is 116 Å².